The van der Waals surface area contributed by atoms with Crippen molar-refractivity contribution in [2.75, 3.05) is 49.2 Å². The normalized spacial score (nSPS) is 28.9. The molecule has 2 unspecified atom stereocenters. The second-order valence-electron chi connectivity index (χ2n) is 13.7. The number of piperidine rings is 1. The van der Waals surface area contributed by atoms with E-state index < -0.39 is 0 Å². The molecule has 1 saturated carbocycles. The first-order chi connectivity index (χ1) is 20.6. The molecule has 8 rings (SSSR count). The Balaban J connectivity index is 1.14. The maximum atomic E-state index is 9.97. The number of aromatic nitrogens is 2. The van der Waals surface area contributed by atoms with Crippen LogP contribution in [0.5, 0.6) is 6.01 Å². The molecule has 3 saturated heterocycles. The Bertz CT molecular complexity index is 1460. The molecule has 1 aromatic heterocycles. The standard InChI is InChI=1S/C35H45N5O2/c1-2-26-6-3-7-27-8-4-9-31(32(26)27)38-17-13-29-30(21-38)36-34(37-33(29)39-19-24-10-11-25(18-24)20-39)42-23-35-14-5-16-40(35)28(22-41)12-15-35/h3-4,6-9,24-25,28,41H,2,5,10-23H2,1H3/t24?,25?,28-,35-/m1/s1. The van der Waals surface area contributed by atoms with Crippen LogP contribution in [0.1, 0.15) is 68.7 Å². The quantitative estimate of drug-likeness (QED) is 0.412. The van der Waals surface area contributed by atoms with E-state index in [0.717, 1.165) is 88.2 Å². The van der Waals surface area contributed by atoms with Crippen LogP contribution in [0.25, 0.3) is 10.8 Å². The van der Waals surface area contributed by atoms with Crippen molar-refractivity contribution in [3.8, 4) is 6.01 Å². The lowest BCUT2D eigenvalue weighted by Gasteiger charge is -2.38. The van der Waals surface area contributed by atoms with Gasteiger partial charge in [-0.2, -0.15) is 9.97 Å². The summed E-state index contributed by atoms with van der Waals surface area (Å²) in [5, 5.41) is 12.7. The SMILES string of the molecule is CCc1cccc2cccc(N3CCc4c(nc(OC[C@]56CCCN5[C@@H](CO)CC6)nc4N4CC5CCC(C5)C4)C3)c12. The Hall–Kier alpha value is -2.90. The van der Waals surface area contributed by atoms with Crippen molar-refractivity contribution >= 4 is 22.3 Å². The summed E-state index contributed by atoms with van der Waals surface area (Å²) in [6.45, 7) is 8.14. The minimum atomic E-state index is 0.0165. The van der Waals surface area contributed by atoms with Gasteiger partial charge in [0.1, 0.15) is 12.4 Å². The molecule has 0 radical (unpaired) electrons. The Labute approximate surface area is 249 Å². The number of nitrogens with zero attached hydrogens (tertiary/aromatic N) is 5. The Morgan fingerprint density at radius 3 is 2.62 bits per heavy atom. The Morgan fingerprint density at radius 1 is 0.976 bits per heavy atom. The summed E-state index contributed by atoms with van der Waals surface area (Å²) in [5.41, 5.74) is 5.20. The van der Waals surface area contributed by atoms with Crippen LogP contribution >= 0.6 is 0 Å². The third-order valence-electron chi connectivity index (χ3n) is 11.3. The average Bonchev–Trinajstić information content (AvgIpc) is 3.71. The first-order valence-corrected chi connectivity index (χ1v) is 16.5. The maximum Gasteiger partial charge on any atom is 0.318 e. The van der Waals surface area contributed by atoms with Gasteiger partial charge in [-0.1, -0.05) is 37.3 Å². The number of aliphatic hydroxyl groups excluding tert-OH is 1. The van der Waals surface area contributed by atoms with Crippen LogP contribution in [-0.4, -0.2) is 70.9 Å². The third-order valence-corrected chi connectivity index (χ3v) is 11.3. The van der Waals surface area contributed by atoms with E-state index in [-0.39, 0.29) is 18.2 Å². The van der Waals surface area contributed by atoms with Crippen molar-refractivity contribution in [1.82, 2.24) is 14.9 Å². The number of fused-ring (bicyclic) bond motifs is 5. The number of hydrogen-bond acceptors (Lipinski definition) is 7. The van der Waals surface area contributed by atoms with Gasteiger partial charge in [0.15, 0.2) is 0 Å². The number of ether oxygens (including phenoxy) is 1. The van der Waals surface area contributed by atoms with Gasteiger partial charge in [-0.15, -0.1) is 0 Å². The van der Waals surface area contributed by atoms with E-state index in [1.165, 1.54) is 53.3 Å². The van der Waals surface area contributed by atoms with Gasteiger partial charge in [-0.25, -0.2) is 0 Å². The molecule has 0 amide bonds. The fraction of sp³-hybridized carbons (Fsp3) is 0.600. The van der Waals surface area contributed by atoms with Crippen molar-refractivity contribution in [3.63, 3.8) is 0 Å². The molecule has 4 atom stereocenters. The molecule has 1 aliphatic carbocycles. The predicted molar refractivity (Wildman–Crippen MR) is 167 cm³/mol. The second-order valence-corrected chi connectivity index (χ2v) is 13.7. The van der Waals surface area contributed by atoms with E-state index in [4.69, 9.17) is 14.7 Å². The first-order valence-electron chi connectivity index (χ1n) is 16.5. The van der Waals surface area contributed by atoms with E-state index in [9.17, 15) is 5.11 Å². The zero-order valence-corrected chi connectivity index (χ0v) is 25.1. The largest absolute Gasteiger partial charge is 0.461 e. The summed E-state index contributed by atoms with van der Waals surface area (Å²) in [7, 11) is 0. The molecule has 4 aliphatic heterocycles. The maximum absolute atomic E-state index is 9.97. The zero-order valence-electron chi connectivity index (χ0n) is 25.1. The Morgan fingerprint density at radius 2 is 1.81 bits per heavy atom. The van der Waals surface area contributed by atoms with Gasteiger partial charge in [-0.05, 0) is 93.2 Å². The molecule has 7 heteroatoms. The van der Waals surface area contributed by atoms with Gasteiger partial charge in [-0.3, -0.25) is 4.90 Å². The zero-order chi connectivity index (χ0) is 28.3. The highest BCUT2D eigenvalue weighted by atomic mass is 16.5. The van der Waals surface area contributed by atoms with Gasteiger partial charge in [0, 0.05) is 42.3 Å². The van der Waals surface area contributed by atoms with E-state index in [2.05, 4.69) is 58.0 Å². The van der Waals surface area contributed by atoms with Crippen molar-refractivity contribution in [1.29, 1.82) is 0 Å². The van der Waals surface area contributed by atoms with Crippen LogP contribution in [0.15, 0.2) is 36.4 Å². The van der Waals surface area contributed by atoms with E-state index in [1.807, 2.05) is 0 Å². The van der Waals surface area contributed by atoms with Gasteiger partial charge in [0.05, 0.1) is 24.4 Å². The highest BCUT2D eigenvalue weighted by Gasteiger charge is 2.49. The van der Waals surface area contributed by atoms with Crippen LogP contribution in [0, 0.1) is 11.8 Å². The van der Waals surface area contributed by atoms with Gasteiger partial charge >= 0.3 is 6.01 Å². The number of benzene rings is 2. The summed E-state index contributed by atoms with van der Waals surface area (Å²) in [4.78, 5) is 18.0. The summed E-state index contributed by atoms with van der Waals surface area (Å²) >= 11 is 0. The molecule has 4 fully saturated rings. The molecule has 2 aromatic carbocycles. The molecule has 1 N–H and O–H groups in total. The molecule has 5 heterocycles. The smallest absolute Gasteiger partial charge is 0.318 e. The minimum Gasteiger partial charge on any atom is -0.461 e. The molecule has 7 nitrogen and oxygen atoms in total. The van der Waals surface area contributed by atoms with Crippen LogP contribution in [0.2, 0.25) is 0 Å². The second kappa shape index (κ2) is 10.7. The number of aryl methyl sites for hydroxylation is 1. The predicted octanol–water partition coefficient (Wildman–Crippen LogP) is 5.36. The van der Waals surface area contributed by atoms with Crippen LogP contribution in [0.4, 0.5) is 11.5 Å². The monoisotopic (exact) mass is 567 g/mol. The molecule has 5 aliphatic rings. The van der Waals surface area contributed by atoms with Crippen LogP contribution in [0.3, 0.4) is 0 Å². The summed E-state index contributed by atoms with van der Waals surface area (Å²) in [6, 6.07) is 14.2. The minimum absolute atomic E-state index is 0.0165. The number of anilines is 2. The van der Waals surface area contributed by atoms with E-state index >= 15 is 0 Å². The highest BCUT2D eigenvalue weighted by molar-refractivity contribution is 5.97. The molecule has 2 bridgehead atoms. The molecular formula is C35H45N5O2. The van der Waals surface area contributed by atoms with Crippen molar-refractivity contribution < 1.29 is 9.84 Å². The van der Waals surface area contributed by atoms with E-state index in [1.54, 1.807) is 0 Å². The Kier molecular flexibility index (Phi) is 6.79. The first kappa shape index (κ1) is 26.7. The number of rotatable bonds is 7. The number of hydrogen-bond donors (Lipinski definition) is 1. The fourth-order valence-corrected chi connectivity index (χ4v) is 9.26. The topological polar surface area (TPSA) is 65.0 Å². The van der Waals surface area contributed by atoms with Crippen molar-refractivity contribution in [2.45, 2.75) is 82.8 Å². The molecule has 42 heavy (non-hydrogen) atoms. The van der Waals surface area contributed by atoms with Crippen molar-refractivity contribution in [3.05, 3.63) is 53.2 Å². The number of aliphatic hydroxyl groups is 1. The van der Waals surface area contributed by atoms with Crippen molar-refractivity contribution in [2.24, 2.45) is 11.8 Å². The molecular weight excluding hydrogens is 522 g/mol. The lowest BCUT2D eigenvalue weighted by atomic mass is 9.95. The molecule has 3 aromatic rings. The lowest BCUT2D eigenvalue weighted by Crippen LogP contribution is -2.47. The fourth-order valence-electron chi connectivity index (χ4n) is 9.26. The van der Waals surface area contributed by atoms with E-state index in [0.29, 0.717) is 12.6 Å². The summed E-state index contributed by atoms with van der Waals surface area (Å²) in [6.07, 6.45) is 10.5. The molecule has 222 valence electrons. The van der Waals surface area contributed by atoms with Gasteiger partial charge in [0.2, 0.25) is 0 Å². The van der Waals surface area contributed by atoms with Gasteiger partial charge in [0.25, 0.3) is 0 Å². The third kappa shape index (κ3) is 4.46. The van der Waals surface area contributed by atoms with Crippen LogP contribution < -0.4 is 14.5 Å². The van der Waals surface area contributed by atoms with Crippen LogP contribution in [-0.2, 0) is 19.4 Å². The summed E-state index contributed by atoms with van der Waals surface area (Å²) < 4.78 is 6.61. The summed E-state index contributed by atoms with van der Waals surface area (Å²) in [5.74, 6) is 2.72. The van der Waals surface area contributed by atoms with Gasteiger partial charge < -0.3 is 19.6 Å². The lowest BCUT2D eigenvalue weighted by molar-refractivity contribution is 0.0642. The highest BCUT2D eigenvalue weighted by Crippen LogP contribution is 2.44. The molecule has 0 spiro atoms. The average molecular weight is 568 g/mol.